The first kappa shape index (κ1) is 14.6. The lowest BCUT2D eigenvalue weighted by Crippen LogP contribution is -2.54. The highest BCUT2D eigenvalue weighted by Gasteiger charge is 2.35. The Morgan fingerprint density at radius 3 is 2.65 bits per heavy atom. The van der Waals surface area contributed by atoms with Crippen molar-refractivity contribution in [2.45, 2.75) is 19.1 Å². The van der Waals surface area contributed by atoms with Crippen molar-refractivity contribution in [2.24, 2.45) is 0 Å². The Kier molecular flexibility index (Phi) is 4.14. The summed E-state index contributed by atoms with van der Waals surface area (Å²) in [6.07, 6.45) is -2.57. The van der Waals surface area contributed by atoms with Crippen molar-refractivity contribution in [1.82, 2.24) is 9.88 Å². The van der Waals surface area contributed by atoms with Crippen molar-refractivity contribution in [3.63, 3.8) is 0 Å². The first-order valence-corrected chi connectivity index (χ1v) is 6.31. The van der Waals surface area contributed by atoms with E-state index in [1.807, 2.05) is 11.0 Å². The monoisotopic (exact) mass is 284 g/mol. The molecule has 0 radical (unpaired) electrons. The summed E-state index contributed by atoms with van der Waals surface area (Å²) in [6.45, 7) is 2.32. The summed E-state index contributed by atoms with van der Waals surface area (Å²) in [4.78, 5) is 7.41. The van der Waals surface area contributed by atoms with E-state index in [4.69, 9.17) is 5.26 Å². The van der Waals surface area contributed by atoms with Crippen molar-refractivity contribution >= 4 is 5.69 Å². The lowest BCUT2D eigenvalue weighted by Gasteiger charge is -2.41. The minimum absolute atomic E-state index is 0.180. The zero-order chi connectivity index (χ0) is 14.8. The molecule has 2 rings (SSSR count). The van der Waals surface area contributed by atoms with E-state index >= 15 is 0 Å². The van der Waals surface area contributed by atoms with E-state index in [1.54, 1.807) is 25.3 Å². The molecule has 0 bridgehead atoms. The zero-order valence-electron chi connectivity index (χ0n) is 11.1. The van der Waals surface area contributed by atoms with Crippen LogP contribution in [0, 0.1) is 11.3 Å². The number of piperazine rings is 1. The van der Waals surface area contributed by atoms with Crippen molar-refractivity contribution in [3.05, 3.63) is 24.0 Å². The largest absolute Gasteiger partial charge is 0.401 e. The number of anilines is 1. The molecule has 1 aromatic rings. The molecule has 0 aliphatic carbocycles. The molecule has 0 aromatic carbocycles. The Morgan fingerprint density at radius 2 is 2.15 bits per heavy atom. The van der Waals surface area contributed by atoms with E-state index in [9.17, 15) is 13.2 Å². The van der Waals surface area contributed by atoms with Gasteiger partial charge >= 0.3 is 6.18 Å². The molecule has 1 aliphatic rings. The van der Waals surface area contributed by atoms with Crippen LogP contribution in [0.25, 0.3) is 0 Å². The summed E-state index contributed by atoms with van der Waals surface area (Å²) in [5.74, 6) is 0. The number of rotatable bonds is 2. The van der Waals surface area contributed by atoms with Gasteiger partial charge in [-0.2, -0.15) is 18.4 Å². The van der Waals surface area contributed by atoms with Crippen LogP contribution in [0.1, 0.15) is 12.6 Å². The molecule has 1 aromatic heterocycles. The first-order valence-electron chi connectivity index (χ1n) is 6.31. The first-order chi connectivity index (χ1) is 9.39. The second-order valence-corrected chi connectivity index (χ2v) is 4.89. The van der Waals surface area contributed by atoms with E-state index in [0.717, 1.165) is 5.69 Å². The van der Waals surface area contributed by atoms with Gasteiger partial charge in [0.1, 0.15) is 11.8 Å². The number of nitriles is 1. The van der Waals surface area contributed by atoms with E-state index in [2.05, 4.69) is 4.98 Å². The number of aromatic nitrogens is 1. The van der Waals surface area contributed by atoms with Gasteiger partial charge in [-0.3, -0.25) is 4.90 Å². The standard InChI is InChI=1S/C13H15F3N4/c1-10-8-19(4-5-20(10)9-13(14,15)16)12-3-2-11(6-17)18-7-12/h2-3,7,10H,4-5,8-9H2,1H3. The molecule has 1 aliphatic heterocycles. The van der Waals surface area contributed by atoms with E-state index < -0.39 is 12.7 Å². The molecule has 1 saturated heterocycles. The average Bonchev–Trinajstić information content (AvgIpc) is 2.40. The highest BCUT2D eigenvalue weighted by atomic mass is 19.4. The predicted molar refractivity (Wildman–Crippen MR) is 68.3 cm³/mol. The third-order valence-corrected chi connectivity index (χ3v) is 3.38. The van der Waals surface area contributed by atoms with E-state index in [0.29, 0.717) is 25.3 Å². The molecule has 7 heteroatoms. The van der Waals surface area contributed by atoms with Crippen LogP contribution in [0.2, 0.25) is 0 Å². The van der Waals surface area contributed by atoms with Gasteiger partial charge in [0, 0.05) is 25.7 Å². The second kappa shape index (κ2) is 5.67. The highest BCUT2D eigenvalue weighted by Crippen LogP contribution is 2.22. The van der Waals surface area contributed by atoms with Gasteiger partial charge in [-0.15, -0.1) is 0 Å². The summed E-state index contributed by atoms with van der Waals surface area (Å²) >= 11 is 0. The molecule has 1 unspecified atom stereocenters. The molecule has 0 spiro atoms. The minimum Gasteiger partial charge on any atom is -0.367 e. The fourth-order valence-electron chi connectivity index (χ4n) is 2.33. The van der Waals surface area contributed by atoms with Crippen LogP contribution >= 0.6 is 0 Å². The third kappa shape index (κ3) is 3.61. The van der Waals surface area contributed by atoms with Crippen molar-refractivity contribution in [3.8, 4) is 6.07 Å². The number of nitrogens with zero attached hydrogens (tertiary/aromatic N) is 4. The Bertz CT molecular complexity index is 492. The second-order valence-electron chi connectivity index (χ2n) is 4.89. The smallest absolute Gasteiger partial charge is 0.367 e. The van der Waals surface area contributed by atoms with Gasteiger partial charge < -0.3 is 4.90 Å². The molecule has 0 saturated carbocycles. The summed E-state index contributed by atoms with van der Waals surface area (Å²) in [5, 5.41) is 8.68. The summed E-state index contributed by atoms with van der Waals surface area (Å²) in [5.41, 5.74) is 1.17. The number of hydrogen-bond acceptors (Lipinski definition) is 4. The Labute approximate surface area is 115 Å². The Hall–Kier alpha value is -1.81. The van der Waals surface area contributed by atoms with Gasteiger partial charge in [0.05, 0.1) is 18.4 Å². The zero-order valence-corrected chi connectivity index (χ0v) is 11.1. The maximum Gasteiger partial charge on any atom is 0.401 e. The van der Waals surface area contributed by atoms with Crippen molar-refractivity contribution in [2.75, 3.05) is 31.1 Å². The van der Waals surface area contributed by atoms with Crippen molar-refractivity contribution in [1.29, 1.82) is 5.26 Å². The van der Waals surface area contributed by atoms with Crippen LogP contribution < -0.4 is 4.90 Å². The molecule has 1 atom stereocenters. The molecular formula is C13H15F3N4. The van der Waals surface area contributed by atoms with Crippen LogP contribution in [0.3, 0.4) is 0 Å². The van der Waals surface area contributed by atoms with Gasteiger partial charge in [0.2, 0.25) is 0 Å². The number of alkyl halides is 3. The van der Waals surface area contributed by atoms with Crippen LogP contribution in [-0.4, -0.2) is 48.3 Å². The topological polar surface area (TPSA) is 43.2 Å². The van der Waals surface area contributed by atoms with Crippen LogP contribution in [-0.2, 0) is 0 Å². The van der Waals surface area contributed by atoms with Crippen LogP contribution in [0.15, 0.2) is 18.3 Å². The number of pyridine rings is 1. The lowest BCUT2D eigenvalue weighted by atomic mass is 10.1. The Balaban J connectivity index is 1.99. The maximum atomic E-state index is 12.4. The van der Waals surface area contributed by atoms with Gasteiger partial charge in [0.15, 0.2) is 0 Å². The third-order valence-electron chi connectivity index (χ3n) is 3.38. The Morgan fingerprint density at radius 1 is 1.40 bits per heavy atom. The molecule has 2 heterocycles. The average molecular weight is 284 g/mol. The molecule has 20 heavy (non-hydrogen) atoms. The fourth-order valence-corrected chi connectivity index (χ4v) is 2.33. The summed E-state index contributed by atoms with van der Waals surface area (Å²) in [7, 11) is 0. The molecular weight excluding hydrogens is 269 g/mol. The van der Waals surface area contributed by atoms with E-state index in [1.165, 1.54) is 4.90 Å². The molecule has 0 amide bonds. The summed E-state index contributed by atoms with van der Waals surface area (Å²) in [6, 6.07) is 5.14. The van der Waals surface area contributed by atoms with Gasteiger partial charge in [-0.25, -0.2) is 4.98 Å². The predicted octanol–water partition coefficient (Wildman–Crippen LogP) is 2.03. The minimum atomic E-state index is -4.16. The molecule has 0 N–H and O–H groups in total. The quantitative estimate of drug-likeness (QED) is 0.833. The van der Waals surface area contributed by atoms with Gasteiger partial charge in [0.25, 0.3) is 0 Å². The lowest BCUT2D eigenvalue weighted by molar-refractivity contribution is -0.150. The maximum absolute atomic E-state index is 12.4. The number of halogens is 3. The molecule has 4 nitrogen and oxygen atoms in total. The molecule has 108 valence electrons. The van der Waals surface area contributed by atoms with Gasteiger partial charge in [-0.1, -0.05) is 0 Å². The normalized spacial score (nSPS) is 20.8. The SMILES string of the molecule is CC1CN(c2ccc(C#N)nc2)CCN1CC(F)(F)F. The van der Waals surface area contributed by atoms with E-state index in [-0.39, 0.29) is 6.04 Å². The van der Waals surface area contributed by atoms with Crippen molar-refractivity contribution < 1.29 is 13.2 Å². The summed E-state index contributed by atoms with van der Waals surface area (Å²) < 4.78 is 37.3. The number of hydrogen-bond donors (Lipinski definition) is 0. The molecule has 1 fully saturated rings. The van der Waals surface area contributed by atoms with Crippen LogP contribution in [0.5, 0.6) is 0 Å². The fraction of sp³-hybridized carbons (Fsp3) is 0.538. The highest BCUT2D eigenvalue weighted by molar-refractivity contribution is 5.46. The van der Waals surface area contributed by atoms with Gasteiger partial charge in [-0.05, 0) is 19.1 Å². The van der Waals surface area contributed by atoms with Crippen LogP contribution in [0.4, 0.5) is 18.9 Å².